The highest BCUT2D eigenvalue weighted by molar-refractivity contribution is 5.87. The van der Waals surface area contributed by atoms with E-state index in [1.54, 1.807) is 24.0 Å². The summed E-state index contributed by atoms with van der Waals surface area (Å²) in [5.74, 6) is 0.730. The van der Waals surface area contributed by atoms with Gasteiger partial charge in [-0.25, -0.2) is 4.39 Å². The molecule has 1 N–H and O–H groups in total. The summed E-state index contributed by atoms with van der Waals surface area (Å²) < 4.78 is 24.7. The van der Waals surface area contributed by atoms with E-state index < -0.39 is 6.04 Å². The van der Waals surface area contributed by atoms with Crippen molar-refractivity contribution in [2.24, 2.45) is 0 Å². The molecule has 2 amide bonds. The molecule has 0 radical (unpaired) electrons. The minimum Gasteiger partial charge on any atom is -0.490 e. The number of carbonyl (C=O) groups is 2. The smallest absolute Gasteiger partial charge is 0.242 e. The fraction of sp³-hybridized carbons (Fsp3) is 0.500. The lowest BCUT2D eigenvalue weighted by molar-refractivity contribution is -0.140. The Morgan fingerprint density at radius 3 is 2.29 bits per heavy atom. The predicted molar refractivity (Wildman–Crippen MR) is 134 cm³/mol. The molecule has 35 heavy (non-hydrogen) atoms. The zero-order chi connectivity index (χ0) is 25.2. The summed E-state index contributed by atoms with van der Waals surface area (Å²) in [7, 11) is 0. The molecule has 190 valence electrons. The van der Waals surface area contributed by atoms with E-state index in [1.807, 2.05) is 32.0 Å². The standard InChI is InChI=1S/C28H37FN2O4/c1-4-34-25-16-12-21(18-26(25)35-5-2)13-17-27(32)31(19-22-10-14-23(29)15-11-22)20(3)28(33)30-24-8-6-7-9-24/h10-12,14-16,18,20,24H,4-9,13,17,19H2,1-3H3,(H,30,33). The number of nitrogens with zero attached hydrogens (tertiary/aromatic N) is 1. The minimum absolute atomic E-state index is 0.129. The van der Waals surface area contributed by atoms with Gasteiger partial charge in [-0.1, -0.05) is 31.0 Å². The third-order valence-electron chi connectivity index (χ3n) is 6.37. The number of aryl methyl sites for hydroxylation is 1. The van der Waals surface area contributed by atoms with Crippen molar-refractivity contribution >= 4 is 11.8 Å². The molecule has 3 rings (SSSR count). The van der Waals surface area contributed by atoms with E-state index in [2.05, 4.69) is 5.32 Å². The second kappa shape index (κ2) is 13.1. The van der Waals surface area contributed by atoms with Gasteiger partial charge in [-0.2, -0.15) is 0 Å². The number of benzene rings is 2. The Morgan fingerprint density at radius 2 is 1.63 bits per heavy atom. The molecule has 0 aromatic heterocycles. The van der Waals surface area contributed by atoms with E-state index in [0.717, 1.165) is 36.8 Å². The Balaban J connectivity index is 1.72. The molecule has 0 bridgehead atoms. The van der Waals surface area contributed by atoms with Gasteiger partial charge >= 0.3 is 0 Å². The fourth-order valence-corrected chi connectivity index (χ4v) is 4.41. The molecule has 1 atom stereocenters. The van der Waals surface area contributed by atoms with Gasteiger partial charge in [-0.15, -0.1) is 0 Å². The molecule has 1 aliphatic carbocycles. The molecule has 0 aliphatic heterocycles. The normalized spacial score (nSPS) is 14.4. The number of hydrogen-bond donors (Lipinski definition) is 1. The van der Waals surface area contributed by atoms with Crippen LogP contribution in [0.3, 0.4) is 0 Å². The Bertz CT molecular complexity index is 973. The highest BCUT2D eigenvalue weighted by atomic mass is 19.1. The summed E-state index contributed by atoms with van der Waals surface area (Å²) in [5.41, 5.74) is 1.73. The molecule has 6 nitrogen and oxygen atoms in total. The van der Waals surface area contributed by atoms with E-state index >= 15 is 0 Å². The topological polar surface area (TPSA) is 67.9 Å². The number of halogens is 1. The molecule has 1 saturated carbocycles. The number of carbonyl (C=O) groups excluding carboxylic acids is 2. The zero-order valence-corrected chi connectivity index (χ0v) is 21.0. The SMILES string of the molecule is CCOc1ccc(CCC(=O)N(Cc2ccc(F)cc2)C(C)C(=O)NC2CCCC2)cc1OCC. The highest BCUT2D eigenvalue weighted by Crippen LogP contribution is 2.29. The summed E-state index contributed by atoms with van der Waals surface area (Å²) in [6.07, 6.45) is 4.92. The molecule has 2 aromatic carbocycles. The van der Waals surface area contributed by atoms with Crippen LogP contribution in [-0.4, -0.2) is 42.0 Å². The lowest BCUT2D eigenvalue weighted by atomic mass is 10.1. The number of ether oxygens (including phenoxy) is 2. The largest absolute Gasteiger partial charge is 0.490 e. The maximum absolute atomic E-state index is 13.4. The van der Waals surface area contributed by atoms with Gasteiger partial charge in [0.1, 0.15) is 11.9 Å². The monoisotopic (exact) mass is 484 g/mol. The van der Waals surface area contributed by atoms with Gasteiger partial charge in [0.15, 0.2) is 11.5 Å². The van der Waals surface area contributed by atoms with Crippen molar-refractivity contribution < 1.29 is 23.5 Å². The number of amides is 2. The Labute approximate surface area is 207 Å². The van der Waals surface area contributed by atoms with Gasteiger partial charge in [-0.05, 0) is 75.4 Å². The van der Waals surface area contributed by atoms with Crippen LogP contribution in [-0.2, 0) is 22.6 Å². The predicted octanol–water partition coefficient (Wildman–Crippen LogP) is 5.03. The summed E-state index contributed by atoms with van der Waals surface area (Å²) in [6, 6.07) is 11.3. The third kappa shape index (κ3) is 7.70. The average Bonchev–Trinajstić information content (AvgIpc) is 3.36. The summed E-state index contributed by atoms with van der Waals surface area (Å²) in [4.78, 5) is 27.9. The molecular weight excluding hydrogens is 447 g/mol. The van der Waals surface area contributed by atoms with E-state index in [9.17, 15) is 14.0 Å². The van der Waals surface area contributed by atoms with Crippen molar-refractivity contribution in [3.05, 3.63) is 59.4 Å². The molecular formula is C28H37FN2O4. The molecule has 1 unspecified atom stereocenters. The zero-order valence-electron chi connectivity index (χ0n) is 21.0. The second-order valence-electron chi connectivity index (χ2n) is 8.96. The third-order valence-corrected chi connectivity index (χ3v) is 6.37. The first kappa shape index (κ1) is 26.5. The Morgan fingerprint density at radius 1 is 1.00 bits per heavy atom. The van der Waals surface area contributed by atoms with Crippen molar-refractivity contribution in [2.45, 2.75) is 77.9 Å². The van der Waals surface area contributed by atoms with Gasteiger partial charge < -0.3 is 19.7 Å². The van der Waals surface area contributed by atoms with Gasteiger partial charge in [0.05, 0.1) is 13.2 Å². The first-order valence-electron chi connectivity index (χ1n) is 12.6. The van der Waals surface area contributed by atoms with E-state index in [0.29, 0.717) is 31.1 Å². The van der Waals surface area contributed by atoms with E-state index in [1.165, 1.54) is 12.1 Å². The van der Waals surface area contributed by atoms with Crippen LogP contribution in [0.25, 0.3) is 0 Å². The van der Waals surface area contributed by atoms with Crippen LogP contribution in [0.15, 0.2) is 42.5 Å². The maximum atomic E-state index is 13.4. The lowest BCUT2D eigenvalue weighted by Gasteiger charge is -2.30. The Kier molecular flexibility index (Phi) is 9.94. The molecule has 2 aromatic rings. The van der Waals surface area contributed by atoms with Crippen molar-refractivity contribution in [3.8, 4) is 11.5 Å². The summed E-state index contributed by atoms with van der Waals surface area (Å²) >= 11 is 0. The van der Waals surface area contributed by atoms with Crippen molar-refractivity contribution in [2.75, 3.05) is 13.2 Å². The van der Waals surface area contributed by atoms with Crippen LogP contribution >= 0.6 is 0 Å². The second-order valence-corrected chi connectivity index (χ2v) is 8.96. The first-order valence-corrected chi connectivity index (χ1v) is 12.6. The first-order chi connectivity index (χ1) is 16.9. The van der Waals surface area contributed by atoms with Crippen molar-refractivity contribution in [3.63, 3.8) is 0 Å². The average molecular weight is 485 g/mol. The van der Waals surface area contributed by atoms with Crippen molar-refractivity contribution in [1.29, 1.82) is 0 Å². The molecule has 0 heterocycles. The van der Waals surface area contributed by atoms with Crippen LogP contribution in [0.5, 0.6) is 11.5 Å². The van der Waals surface area contributed by atoms with Crippen LogP contribution in [0.1, 0.15) is 64.0 Å². The van der Waals surface area contributed by atoms with Crippen molar-refractivity contribution in [1.82, 2.24) is 10.2 Å². The molecule has 7 heteroatoms. The molecule has 1 fully saturated rings. The van der Waals surface area contributed by atoms with E-state index in [-0.39, 0.29) is 36.6 Å². The minimum atomic E-state index is -0.632. The number of nitrogens with one attached hydrogen (secondary N) is 1. The maximum Gasteiger partial charge on any atom is 0.242 e. The van der Waals surface area contributed by atoms with Gasteiger partial charge in [0, 0.05) is 19.0 Å². The van der Waals surface area contributed by atoms with Gasteiger partial charge in [-0.3, -0.25) is 9.59 Å². The lowest BCUT2D eigenvalue weighted by Crippen LogP contribution is -2.49. The number of rotatable bonds is 12. The Hall–Kier alpha value is -3.09. The van der Waals surface area contributed by atoms with Gasteiger partial charge in [0.25, 0.3) is 0 Å². The molecule has 0 spiro atoms. The quantitative estimate of drug-likeness (QED) is 0.459. The van der Waals surface area contributed by atoms with Crippen LogP contribution in [0.2, 0.25) is 0 Å². The summed E-state index contributed by atoms with van der Waals surface area (Å²) in [6.45, 7) is 6.89. The highest BCUT2D eigenvalue weighted by Gasteiger charge is 2.28. The number of hydrogen-bond acceptors (Lipinski definition) is 4. The van der Waals surface area contributed by atoms with Gasteiger partial charge in [0.2, 0.25) is 11.8 Å². The molecule has 1 aliphatic rings. The van der Waals surface area contributed by atoms with Crippen LogP contribution in [0.4, 0.5) is 4.39 Å². The summed E-state index contributed by atoms with van der Waals surface area (Å²) in [5, 5.41) is 3.10. The fourth-order valence-electron chi connectivity index (χ4n) is 4.41. The van der Waals surface area contributed by atoms with Crippen LogP contribution in [0, 0.1) is 5.82 Å². The van der Waals surface area contributed by atoms with E-state index in [4.69, 9.17) is 9.47 Å². The van der Waals surface area contributed by atoms with Crippen LogP contribution < -0.4 is 14.8 Å². The molecule has 0 saturated heterocycles.